The van der Waals surface area contributed by atoms with Gasteiger partial charge in [0.25, 0.3) is 0 Å². The van der Waals surface area contributed by atoms with Gasteiger partial charge in [-0.05, 0) is 30.3 Å². The second kappa shape index (κ2) is 5.38. The van der Waals surface area contributed by atoms with Crippen LogP contribution in [0.3, 0.4) is 0 Å². The molecule has 2 rings (SSSR count). The fourth-order valence-electron chi connectivity index (χ4n) is 1.42. The summed E-state index contributed by atoms with van der Waals surface area (Å²) < 4.78 is 10.7. The molecule has 3 nitrogen and oxygen atoms in total. The Balaban J connectivity index is 2.28. The summed E-state index contributed by atoms with van der Waals surface area (Å²) in [5, 5.41) is 0.979. The zero-order valence-corrected chi connectivity index (χ0v) is 11.1. The number of benzene rings is 2. The molecule has 2 aromatic carbocycles. The number of nitrogens with two attached hydrogens (primary N) is 1. The predicted octanol–water partition coefficient (Wildman–Crippen LogP) is 4.38. The number of hydrogen-bond acceptors (Lipinski definition) is 3. The van der Waals surface area contributed by atoms with Gasteiger partial charge in [0.05, 0.1) is 17.8 Å². The summed E-state index contributed by atoms with van der Waals surface area (Å²) >= 11 is 11.8. The lowest BCUT2D eigenvalue weighted by atomic mass is 10.2. The minimum atomic E-state index is 0.428. The monoisotopic (exact) mass is 283 g/mol. The summed E-state index contributed by atoms with van der Waals surface area (Å²) in [5.41, 5.74) is 6.32. The van der Waals surface area contributed by atoms with Gasteiger partial charge >= 0.3 is 0 Å². The summed E-state index contributed by atoms with van der Waals surface area (Å²) in [4.78, 5) is 0. The van der Waals surface area contributed by atoms with E-state index in [0.29, 0.717) is 33.0 Å². The lowest BCUT2D eigenvalue weighted by molar-refractivity contribution is 0.413. The largest absolute Gasteiger partial charge is 0.497 e. The Morgan fingerprint density at radius 1 is 1.00 bits per heavy atom. The maximum atomic E-state index is 6.02. The van der Waals surface area contributed by atoms with Gasteiger partial charge in [0.1, 0.15) is 11.5 Å². The summed E-state index contributed by atoms with van der Waals surface area (Å²) in [6.45, 7) is 0. The minimum absolute atomic E-state index is 0.428. The lowest BCUT2D eigenvalue weighted by Crippen LogP contribution is -1.93. The number of anilines is 1. The second-order valence-electron chi connectivity index (χ2n) is 3.58. The van der Waals surface area contributed by atoms with Gasteiger partial charge in [-0.3, -0.25) is 0 Å². The van der Waals surface area contributed by atoms with Gasteiger partial charge in [-0.1, -0.05) is 23.2 Å². The molecule has 5 heteroatoms. The van der Waals surface area contributed by atoms with Crippen LogP contribution in [-0.4, -0.2) is 7.11 Å². The van der Waals surface area contributed by atoms with E-state index in [9.17, 15) is 0 Å². The Bertz CT molecular complexity index is 573. The first-order valence-corrected chi connectivity index (χ1v) is 5.92. The molecular formula is C13H11Cl2NO2. The highest BCUT2D eigenvalue weighted by Crippen LogP contribution is 2.35. The van der Waals surface area contributed by atoms with E-state index in [2.05, 4.69) is 0 Å². The zero-order valence-electron chi connectivity index (χ0n) is 9.61. The van der Waals surface area contributed by atoms with Crippen molar-refractivity contribution in [2.75, 3.05) is 12.8 Å². The Hall–Kier alpha value is -1.58. The van der Waals surface area contributed by atoms with Crippen molar-refractivity contribution in [3.05, 3.63) is 46.4 Å². The van der Waals surface area contributed by atoms with Crippen LogP contribution >= 0.6 is 23.2 Å². The molecule has 0 amide bonds. The van der Waals surface area contributed by atoms with Gasteiger partial charge in [0, 0.05) is 11.1 Å². The quantitative estimate of drug-likeness (QED) is 0.851. The van der Waals surface area contributed by atoms with Crippen LogP contribution in [0.2, 0.25) is 10.0 Å². The van der Waals surface area contributed by atoms with Crippen molar-refractivity contribution in [2.45, 2.75) is 0 Å². The molecule has 0 aromatic heterocycles. The van der Waals surface area contributed by atoms with E-state index in [0.717, 1.165) is 0 Å². The van der Waals surface area contributed by atoms with E-state index in [4.69, 9.17) is 38.4 Å². The average molecular weight is 284 g/mol. The Labute approximate surface area is 115 Å². The standard InChI is InChI=1S/C13H11Cl2NO2/c1-17-9-3-5-13(11(16)7-9)18-12-4-2-8(14)6-10(12)15/h2-7H,16H2,1H3. The van der Waals surface area contributed by atoms with E-state index in [1.165, 1.54) is 0 Å². The molecule has 0 unspecified atom stereocenters. The van der Waals surface area contributed by atoms with E-state index < -0.39 is 0 Å². The van der Waals surface area contributed by atoms with Crippen molar-refractivity contribution in [1.82, 2.24) is 0 Å². The van der Waals surface area contributed by atoms with Crippen LogP contribution < -0.4 is 15.2 Å². The maximum Gasteiger partial charge on any atom is 0.150 e. The smallest absolute Gasteiger partial charge is 0.150 e. The summed E-state index contributed by atoms with van der Waals surface area (Å²) in [5.74, 6) is 1.68. The highest BCUT2D eigenvalue weighted by atomic mass is 35.5. The van der Waals surface area contributed by atoms with Gasteiger partial charge in [0.2, 0.25) is 0 Å². The van der Waals surface area contributed by atoms with Crippen molar-refractivity contribution in [1.29, 1.82) is 0 Å². The summed E-state index contributed by atoms with van der Waals surface area (Å²) in [6.07, 6.45) is 0. The molecule has 94 valence electrons. The van der Waals surface area contributed by atoms with Gasteiger partial charge in [0.15, 0.2) is 5.75 Å². The topological polar surface area (TPSA) is 44.5 Å². The number of rotatable bonds is 3. The SMILES string of the molecule is COc1ccc(Oc2ccc(Cl)cc2Cl)c(N)c1. The third kappa shape index (κ3) is 2.81. The molecule has 0 aliphatic carbocycles. The van der Waals surface area contributed by atoms with Crippen LogP contribution in [0.25, 0.3) is 0 Å². The van der Waals surface area contributed by atoms with E-state index in [1.807, 2.05) is 0 Å². The van der Waals surface area contributed by atoms with Gasteiger partial charge in [-0.15, -0.1) is 0 Å². The molecule has 0 saturated carbocycles. The fourth-order valence-corrected chi connectivity index (χ4v) is 1.87. The van der Waals surface area contributed by atoms with Gasteiger partial charge in [-0.2, -0.15) is 0 Å². The number of methoxy groups -OCH3 is 1. The highest BCUT2D eigenvalue weighted by Gasteiger charge is 2.07. The van der Waals surface area contributed by atoms with E-state index >= 15 is 0 Å². The third-order valence-electron chi connectivity index (χ3n) is 2.33. The molecule has 0 aliphatic rings. The van der Waals surface area contributed by atoms with Gasteiger partial charge in [-0.25, -0.2) is 0 Å². The Morgan fingerprint density at radius 2 is 1.72 bits per heavy atom. The maximum absolute atomic E-state index is 6.02. The normalized spacial score (nSPS) is 10.2. The first-order chi connectivity index (χ1) is 8.60. The van der Waals surface area contributed by atoms with Crippen molar-refractivity contribution < 1.29 is 9.47 Å². The molecular weight excluding hydrogens is 273 g/mol. The zero-order chi connectivity index (χ0) is 13.1. The molecule has 0 fully saturated rings. The van der Waals surface area contributed by atoms with Crippen LogP contribution in [0.1, 0.15) is 0 Å². The molecule has 0 heterocycles. The Kier molecular flexibility index (Phi) is 3.84. The molecule has 2 N–H and O–H groups in total. The molecule has 0 bridgehead atoms. The fraction of sp³-hybridized carbons (Fsp3) is 0.0769. The van der Waals surface area contributed by atoms with Crippen LogP contribution in [-0.2, 0) is 0 Å². The highest BCUT2D eigenvalue weighted by molar-refractivity contribution is 6.35. The molecule has 2 aromatic rings. The van der Waals surface area contributed by atoms with Crippen molar-refractivity contribution in [3.63, 3.8) is 0 Å². The van der Waals surface area contributed by atoms with Gasteiger partial charge < -0.3 is 15.2 Å². The van der Waals surface area contributed by atoms with Crippen LogP contribution in [0.4, 0.5) is 5.69 Å². The molecule has 0 spiro atoms. The average Bonchev–Trinajstić information content (AvgIpc) is 2.34. The third-order valence-corrected chi connectivity index (χ3v) is 2.86. The van der Waals surface area contributed by atoms with Crippen LogP contribution in [0.15, 0.2) is 36.4 Å². The molecule has 0 saturated heterocycles. The minimum Gasteiger partial charge on any atom is -0.497 e. The second-order valence-corrected chi connectivity index (χ2v) is 4.42. The predicted molar refractivity (Wildman–Crippen MR) is 73.9 cm³/mol. The number of ether oxygens (including phenoxy) is 2. The number of hydrogen-bond donors (Lipinski definition) is 1. The molecule has 0 atom stereocenters. The summed E-state index contributed by atoms with van der Waals surface area (Å²) in [7, 11) is 1.57. The van der Waals surface area contributed by atoms with Crippen molar-refractivity contribution >= 4 is 28.9 Å². The molecule has 0 radical (unpaired) electrons. The first kappa shape index (κ1) is 12.9. The summed E-state index contributed by atoms with van der Waals surface area (Å²) in [6, 6.07) is 10.2. The van der Waals surface area contributed by atoms with Crippen molar-refractivity contribution in [2.24, 2.45) is 0 Å². The molecule has 0 aliphatic heterocycles. The first-order valence-electron chi connectivity index (χ1n) is 5.16. The van der Waals surface area contributed by atoms with Crippen LogP contribution in [0.5, 0.6) is 17.2 Å². The van der Waals surface area contributed by atoms with E-state index in [1.54, 1.807) is 43.5 Å². The number of halogens is 2. The number of nitrogen functional groups attached to an aromatic ring is 1. The lowest BCUT2D eigenvalue weighted by Gasteiger charge is -2.11. The van der Waals surface area contributed by atoms with Crippen molar-refractivity contribution in [3.8, 4) is 17.2 Å². The molecule has 18 heavy (non-hydrogen) atoms. The van der Waals surface area contributed by atoms with E-state index in [-0.39, 0.29) is 0 Å². The van der Waals surface area contributed by atoms with Crippen LogP contribution in [0, 0.1) is 0 Å². The Morgan fingerprint density at radius 3 is 2.33 bits per heavy atom.